The topological polar surface area (TPSA) is 104 Å². The molecule has 4 heterocycles. The molecule has 0 bridgehead atoms. The van der Waals surface area contributed by atoms with Crippen molar-refractivity contribution in [3.05, 3.63) is 42.2 Å². The number of nitrogens with zero attached hydrogens (tertiary/aromatic N) is 4. The molecule has 1 saturated carbocycles. The first-order valence-corrected chi connectivity index (χ1v) is 13.1. The lowest BCUT2D eigenvalue weighted by Crippen LogP contribution is -2.40. The molecule has 36 heavy (non-hydrogen) atoms. The van der Waals surface area contributed by atoms with Gasteiger partial charge in [0, 0.05) is 60.5 Å². The summed E-state index contributed by atoms with van der Waals surface area (Å²) in [7, 11) is 0. The van der Waals surface area contributed by atoms with Crippen LogP contribution in [0.2, 0.25) is 0 Å². The Hall–Kier alpha value is -3.62. The SMILES string of the molecule is CCNC(=O)N1CCC2(CCn3nc(-c4cnc5cccc(NC(=O)NC6CCCC6)c5c4)cc32)C1. The van der Waals surface area contributed by atoms with Crippen LogP contribution in [0.15, 0.2) is 36.5 Å². The summed E-state index contributed by atoms with van der Waals surface area (Å²) in [4.78, 5) is 31.6. The van der Waals surface area contributed by atoms with Gasteiger partial charge in [0.05, 0.1) is 16.9 Å². The number of rotatable bonds is 4. The van der Waals surface area contributed by atoms with Gasteiger partial charge < -0.3 is 20.9 Å². The van der Waals surface area contributed by atoms with Crippen LogP contribution in [0, 0.1) is 0 Å². The minimum atomic E-state index is -0.166. The highest BCUT2D eigenvalue weighted by atomic mass is 16.2. The highest BCUT2D eigenvalue weighted by Gasteiger charge is 2.46. The number of aromatic nitrogens is 3. The Morgan fingerprint density at radius 3 is 2.81 bits per heavy atom. The summed E-state index contributed by atoms with van der Waals surface area (Å²) in [5, 5.41) is 14.9. The van der Waals surface area contributed by atoms with E-state index in [1.807, 2.05) is 36.2 Å². The molecule has 3 aromatic rings. The number of anilines is 1. The quantitative estimate of drug-likeness (QED) is 0.512. The second-order valence-corrected chi connectivity index (χ2v) is 10.4. The fourth-order valence-electron chi connectivity index (χ4n) is 6.14. The van der Waals surface area contributed by atoms with Gasteiger partial charge in [-0.25, -0.2) is 9.59 Å². The number of benzene rings is 1. The van der Waals surface area contributed by atoms with Crippen LogP contribution in [-0.2, 0) is 12.0 Å². The molecule has 1 saturated heterocycles. The molecule has 1 atom stereocenters. The van der Waals surface area contributed by atoms with E-state index in [-0.39, 0.29) is 23.5 Å². The number of pyridine rings is 1. The molecule has 2 fully saturated rings. The summed E-state index contributed by atoms with van der Waals surface area (Å²) < 4.78 is 2.10. The summed E-state index contributed by atoms with van der Waals surface area (Å²) in [5.74, 6) is 0. The van der Waals surface area contributed by atoms with Crippen LogP contribution in [0.3, 0.4) is 0 Å². The monoisotopic (exact) mass is 487 g/mol. The van der Waals surface area contributed by atoms with Crippen molar-refractivity contribution >= 4 is 28.7 Å². The highest BCUT2D eigenvalue weighted by molar-refractivity contribution is 6.01. The first-order valence-electron chi connectivity index (χ1n) is 13.1. The Labute approximate surface area is 210 Å². The second kappa shape index (κ2) is 9.11. The van der Waals surface area contributed by atoms with E-state index in [1.54, 1.807) is 0 Å². The zero-order valence-electron chi connectivity index (χ0n) is 20.7. The predicted octanol–water partition coefficient (Wildman–Crippen LogP) is 4.24. The van der Waals surface area contributed by atoms with Gasteiger partial charge in [-0.1, -0.05) is 18.9 Å². The molecule has 188 valence electrons. The number of likely N-dealkylation sites (tertiary alicyclic amines) is 1. The molecule has 4 amide bonds. The van der Waals surface area contributed by atoms with E-state index < -0.39 is 0 Å². The number of hydrogen-bond donors (Lipinski definition) is 3. The molecule has 2 aliphatic heterocycles. The van der Waals surface area contributed by atoms with Crippen molar-refractivity contribution < 1.29 is 9.59 Å². The number of hydrogen-bond acceptors (Lipinski definition) is 4. The first kappa shape index (κ1) is 22.8. The van der Waals surface area contributed by atoms with Crippen molar-refractivity contribution in [2.45, 2.75) is 63.5 Å². The molecular weight excluding hydrogens is 454 g/mol. The average Bonchev–Trinajstić information content (AvgIpc) is 3.66. The zero-order chi connectivity index (χ0) is 24.7. The molecule has 1 aliphatic carbocycles. The van der Waals surface area contributed by atoms with Gasteiger partial charge in [-0.15, -0.1) is 0 Å². The van der Waals surface area contributed by atoms with Gasteiger partial charge in [-0.05, 0) is 56.9 Å². The van der Waals surface area contributed by atoms with Crippen molar-refractivity contribution in [3.63, 3.8) is 0 Å². The lowest BCUT2D eigenvalue weighted by molar-refractivity contribution is 0.206. The normalized spacial score (nSPS) is 21.3. The number of nitrogens with one attached hydrogen (secondary N) is 3. The number of amides is 4. The minimum absolute atomic E-state index is 0.0169. The van der Waals surface area contributed by atoms with E-state index in [4.69, 9.17) is 5.10 Å². The zero-order valence-corrected chi connectivity index (χ0v) is 20.7. The Kier molecular flexibility index (Phi) is 5.78. The summed E-state index contributed by atoms with van der Waals surface area (Å²) in [5.41, 5.74) is 4.53. The number of urea groups is 2. The summed E-state index contributed by atoms with van der Waals surface area (Å²) in [6.45, 7) is 4.93. The van der Waals surface area contributed by atoms with Gasteiger partial charge >= 0.3 is 12.1 Å². The maximum Gasteiger partial charge on any atom is 0.319 e. The maximum absolute atomic E-state index is 12.6. The van der Waals surface area contributed by atoms with Crippen molar-refractivity contribution in [2.75, 3.05) is 25.0 Å². The molecule has 1 spiro atoms. The highest BCUT2D eigenvalue weighted by Crippen LogP contribution is 2.44. The van der Waals surface area contributed by atoms with Crippen LogP contribution in [0.4, 0.5) is 15.3 Å². The van der Waals surface area contributed by atoms with Crippen molar-refractivity contribution in [1.29, 1.82) is 0 Å². The Morgan fingerprint density at radius 2 is 1.97 bits per heavy atom. The third-order valence-electron chi connectivity index (χ3n) is 8.05. The van der Waals surface area contributed by atoms with Gasteiger partial charge in [-0.3, -0.25) is 9.67 Å². The molecule has 9 nitrogen and oxygen atoms in total. The van der Waals surface area contributed by atoms with Gasteiger partial charge in [-0.2, -0.15) is 5.10 Å². The minimum Gasteiger partial charge on any atom is -0.338 e. The van der Waals surface area contributed by atoms with E-state index in [1.165, 1.54) is 18.5 Å². The fourth-order valence-corrected chi connectivity index (χ4v) is 6.14. The molecular formula is C27H33N7O2. The van der Waals surface area contributed by atoms with E-state index in [2.05, 4.69) is 37.7 Å². The summed E-state index contributed by atoms with van der Waals surface area (Å²) >= 11 is 0. The van der Waals surface area contributed by atoms with Crippen molar-refractivity contribution in [2.24, 2.45) is 0 Å². The number of aryl methyl sites for hydroxylation is 1. The Bertz CT molecular complexity index is 1310. The molecule has 3 N–H and O–H groups in total. The van der Waals surface area contributed by atoms with Gasteiger partial charge in [0.15, 0.2) is 0 Å². The van der Waals surface area contributed by atoms with Crippen LogP contribution in [-0.4, -0.2) is 57.4 Å². The van der Waals surface area contributed by atoms with Gasteiger partial charge in [0.1, 0.15) is 0 Å². The van der Waals surface area contributed by atoms with Crippen molar-refractivity contribution in [1.82, 2.24) is 30.3 Å². The van der Waals surface area contributed by atoms with E-state index >= 15 is 0 Å². The Balaban J connectivity index is 1.25. The lowest BCUT2D eigenvalue weighted by atomic mass is 9.82. The van der Waals surface area contributed by atoms with Crippen LogP contribution in [0.5, 0.6) is 0 Å². The summed E-state index contributed by atoms with van der Waals surface area (Å²) in [6, 6.07) is 10.1. The summed E-state index contributed by atoms with van der Waals surface area (Å²) in [6.07, 6.45) is 8.25. The Morgan fingerprint density at radius 1 is 1.14 bits per heavy atom. The first-order chi connectivity index (χ1) is 17.5. The van der Waals surface area contributed by atoms with Gasteiger partial charge in [0.2, 0.25) is 0 Å². The van der Waals surface area contributed by atoms with E-state index in [9.17, 15) is 9.59 Å². The predicted molar refractivity (Wildman–Crippen MR) is 139 cm³/mol. The van der Waals surface area contributed by atoms with Crippen LogP contribution in [0.25, 0.3) is 22.2 Å². The fraction of sp³-hybridized carbons (Fsp3) is 0.481. The smallest absolute Gasteiger partial charge is 0.319 e. The molecule has 3 aliphatic rings. The molecule has 1 unspecified atom stereocenters. The van der Waals surface area contributed by atoms with Crippen LogP contribution >= 0.6 is 0 Å². The molecule has 6 rings (SSSR count). The molecule has 0 radical (unpaired) electrons. The molecule has 9 heteroatoms. The van der Waals surface area contributed by atoms with Gasteiger partial charge in [0.25, 0.3) is 0 Å². The van der Waals surface area contributed by atoms with Crippen LogP contribution < -0.4 is 16.0 Å². The number of carbonyl (C=O) groups excluding carboxylic acids is 2. The van der Waals surface area contributed by atoms with E-state index in [0.29, 0.717) is 6.54 Å². The average molecular weight is 488 g/mol. The molecule has 1 aromatic carbocycles. The molecule has 2 aromatic heterocycles. The third-order valence-corrected chi connectivity index (χ3v) is 8.05. The maximum atomic E-state index is 12.6. The standard InChI is InChI=1S/C27H33N7O2/c1-2-28-26(36)33-12-10-27(17-33)11-13-34-24(27)15-23(32-34)18-14-20-21(29-16-18)8-5-9-22(20)31-25(35)30-19-6-3-4-7-19/h5,8-9,14-16,19H,2-4,6-7,10-13,17H2,1H3,(H,28,36)(H2,30,31,35). The number of fused-ring (bicyclic) bond motifs is 3. The second-order valence-electron chi connectivity index (χ2n) is 10.4. The lowest BCUT2D eigenvalue weighted by Gasteiger charge is -2.23. The number of carbonyl (C=O) groups is 2. The van der Waals surface area contributed by atoms with E-state index in [0.717, 1.165) is 73.2 Å². The van der Waals surface area contributed by atoms with Crippen LogP contribution in [0.1, 0.15) is 51.1 Å². The largest absolute Gasteiger partial charge is 0.338 e. The third kappa shape index (κ3) is 4.06. The van der Waals surface area contributed by atoms with Crippen molar-refractivity contribution in [3.8, 4) is 11.3 Å².